The van der Waals surface area contributed by atoms with Gasteiger partial charge >= 0.3 is 0 Å². The van der Waals surface area contributed by atoms with Gasteiger partial charge in [0, 0.05) is 12.2 Å². The van der Waals surface area contributed by atoms with Gasteiger partial charge in [-0.15, -0.1) is 0 Å². The highest BCUT2D eigenvalue weighted by Crippen LogP contribution is 2.17. The van der Waals surface area contributed by atoms with E-state index in [-0.39, 0.29) is 6.29 Å². The SMILES string of the molecule is Cc1cccc(CSCCC2OCCCO2)c1. The molecular formula is C14H20O2S. The Morgan fingerprint density at radius 3 is 2.88 bits per heavy atom. The van der Waals surface area contributed by atoms with Crippen molar-refractivity contribution in [2.24, 2.45) is 0 Å². The molecule has 1 saturated heterocycles. The maximum Gasteiger partial charge on any atom is 0.158 e. The van der Waals surface area contributed by atoms with Crippen molar-refractivity contribution in [2.75, 3.05) is 19.0 Å². The molecule has 17 heavy (non-hydrogen) atoms. The van der Waals surface area contributed by atoms with E-state index in [0.29, 0.717) is 0 Å². The van der Waals surface area contributed by atoms with Gasteiger partial charge in [-0.05, 0) is 24.7 Å². The number of thioether (sulfide) groups is 1. The largest absolute Gasteiger partial charge is 0.353 e. The van der Waals surface area contributed by atoms with E-state index < -0.39 is 0 Å². The van der Waals surface area contributed by atoms with Crippen LogP contribution in [0.2, 0.25) is 0 Å². The van der Waals surface area contributed by atoms with E-state index in [1.165, 1.54) is 11.1 Å². The van der Waals surface area contributed by atoms with Crippen LogP contribution in [0.1, 0.15) is 24.0 Å². The molecule has 3 heteroatoms. The van der Waals surface area contributed by atoms with Gasteiger partial charge in [0.1, 0.15) is 0 Å². The molecule has 94 valence electrons. The first-order chi connectivity index (χ1) is 8.34. The summed E-state index contributed by atoms with van der Waals surface area (Å²) < 4.78 is 11.0. The summed E-state index contributed by atoms with van der Waals surface area (Å²) in [5.41, 5.74) is 2.74. The fourth-order valence-electron chi connectivity index (χ4n) is 1.87. The first kappa shape index (κ1) is 12.9. The Morgan fingerprint density at radius 1 is 1.29 bits per heavy atom. The molecule has 0 aliphatic carbocycles. The van der Waals surface area contributed by atoms with Crippen LogP contribution < -0.4 is 0 Å². The van der Waals surface area contributed by atoms with Crippen molar-refractivity contribution in [3.05, 3.63) is 35.4 Å². The van der Waals surface area contributed by atoms with Gasteiger partial charge in [0.05, 0.1) is 13.2 Å². The standard InChI is InChI=1S/C14H20O2S/c1-12-4-2-5-13(10-12)11-17-9-6-14-15-7-3-8-16-14/h2,4-5,10,14H,3,6-9,11H2,1H3. The Kier molecular flexibility index (Phi) is 5.36. The van der Waals surface area contributed by atoms with Gasteiger partial charge in [0.15, 0.2) is 6.29 Å². The monoisotopic (exact) mass is 252 g/mol. The molecular weight excluding hydrogens is 232 g/mol. The number of ether oxygens (including phenoxy) is 2. The van der Waals surface area contributed by atoms with E-state index in [9.17, 15) is 0 Å². The van der Waals surface area contributed by atoms with Gasteiger partial charge in [-0.2, -0.15) is 11.8 Å². The summed E-state index contributed by atoms with van der Waals surface area (Å²) in [4.78, 5) is 0. The van der Waals surface area contributed by atoms with E-state index in [0.717, 1.165) is 37.6 Å². The van der Waals surface area contributed by atoms with Crippen molar-refractivity contribution >= 4 is 11.8 Å². The normalized spacial score (nSPS) is 17.2. The van der Waals surface area contributed by atoms with Crippen LogP contribution in [0, 0.1) is 6.92 Å². The van der Waals surface area contributed by atoms with Crippen LogP contribution in [0.4, 0.5) is 0 Å². The average molecular weight is 252 g/mol. The molecule has 2 nitrogen and oxygen atoms in total. The van der Waals surface area contributed by atoms with E-state index in [1.54, 1.807) is 0 Å². The van der Waals surface area contributed by atoms with E-state index >= 15 is 0 Å². The maximum absolute atomic E-state index is 5.51. The van der Waals surface area contributed by atoms with E-state index in [1.807, 2.05) is 11.8 Å². The lowest BCUT2D eigenvalue weighted by molar-refractivity contribution is -0.178. The number of hydrogen-bond acceptors (Lipinski definition) is 3. The first-order valence-electron chi connectivity index (χ1n) is 6.21. The lowest BCUT2D eigenvalue weighted by atomic mass is 10.2. The smallest absolute Gasteiger partial charge is 0.158 e. The zero-order valence-corrected chi connectivity index (χ0v) is 11.2. The lowest BCUT2D eigenvalue weighted by Gasteiger charge is -2.22. The van der Waals surface area contributed by atoms with Crippen LogP contribution >= 0.6 is 11.8 Å². The first-order valence-corrected chi connectivity index (χ1v) is 7.36. The van der Waals surface area contributed by atoms with Gasteiger partial charge in [-0.25, -0.2) is 0 Å². The molecule has 0 saturated carbocycles. The molecule has 1 fully saturated rings. The second-order valence-corrected chi connectivity index (χ2v) is 5.46. The van der Waals surface area contributed by atoms with Gasteiger partial charge < -0.3 is 9.47 Å². The van der Waals surface area contributed by atoms with Crippen molar-refractivity contribution < 1.29 is 9.47 Å². The minimum absolute atomic E-state index is 0.0359. The molecule has 1 aromatic carbocycles. The molecule has 0 atom stereocenters. The Bertz CT molecular complexity index is 335. The summed E-state index contributed by atoms with van der Waals surface area (Å²) in [5, 5.41) is 0. The minimum atomic E-state index is 0.0359. The average Bonchev–Trinajstić information content (AvgIpc) is 2.36. The second kappa shape index (κ2) is 7.04. The van der Waals surface area contributed by atoms with Crippen LogP contribution in [0.3, 0.4) is 0 Å². The van der Waals surface area contributed by atoms with Gasteiger partial charge in [0.2, 0.25) is 0 Å². The van der Waals surface area contributed by atoms with Crippen molar-refractivity contribution in [3.63, 3.8) is 0 Å². The summed E-state index contributed by atoms with van der Waals surface area (Å²) in [6, 6.07) is 8.70. The summed E-state index contributed by atoms with van der Waals surface area (Å²) >= 11 is 1.95. The van der Waals surface area contributed by atoms with Crippen molar-refractivity contribution in [1.82, 2.24) is 0 Å². The third kappa shape index (κ3) is 4.70. The van der Waals surface area contributed by atoms with Crippen LogP contribution in [0.15, 0.2) is 24.3 Å². The molecule has 1 aromatic rings. The molecule has 0 spiro atoms. The zero-order valence-electron chi connectivity index (χ0n) is 10.4. The molecule has 1 aliphatic heterocycles. The van der Waals surface area contributed by atoms with Gasteiger partial charge in [-0.1, -0.05) is 29.8 Å². The predicted molar refractivity (Wildman–Crippen MR) is 72.3 cm³/mol. The maximum atomic E-state index is 5.51. The molecule has 0 radical (unpaired) electrons. The number of benzene rings is 1. The lowest BCUT2D eigenvalue weighted by Crippen LogP contribution is -2.25. The summed E-state index contributed by atoms with van der Waals surface area (Å²) in [6.45, 7) is 3.85. The van der Waals surface area contributed by atoms with Crippen LogP contribution in [-0.4, -0.2) is 25.3 Å². The molecule has 0 N–H and O–H groups in total. The quantitative estimate of drug-likeness (QED) is 0.748. The minimum Gasteiger partial charge on any atom is -0.353 e. The summed E-state index contributed by atoms with van der Waals surface area (Å²) in [7, 11) is 0. The van der Waals surface area contributed by atoms with E-state index in [4.69, 9.17) is 9.47 Å². The third-order valence-electron chi connectivity index (χ3n) is 2.75. The third-order valence-corrected chi connectivity index (χ3v) is 3.81. The highest BCUT2D eigenvalue weighted by Gasteiger charge is 2.13. The molecule has 2 rings (SSSR count). The Labute approximate surface area is 108 Å². The van der Waals surface area contributed by atoms with Crippen molar-refractivity contribution in [1.29, 1.82) is 0 Å². The summed E-state index contributed by atoms with van der Waals surface area (Å²) in [6.07, 6.45) is 2.07. The number of aryl methyl sites for hydroxylation is 1. The summed E-state index contributed by atoms with van der Waals surface area (Å²) in [5.74, 6) is 2.17. The Morgan fingerprint density at radius 2 is 2.12 bits per heavy atom. The predicted octanol–water partition coefficient (Wildman–Crippen LogP) is 3.38. The molecule has 1 aliphatic rings. The number of rotatable bonds is 5. The van der Waals surface area contributed by atoms with Crippen LogP contribution in [0.5, 0.6) is 0 Å². The molecule has 0 aromatic heterocycles. The highest BCUT2D eigenvalue weighted by atomic mass is 32.2. The van der Waals surface area contributed by atoms with Gasteiger partial charge in [-0.3, -0.25) is 0 Å². The second-order valence-electron chi connectivity index (χ2n) is 4.36. The van der Waals surface area contributed by atoms with E-state index in [2.05, 4.69) is 31.2 Å². The van der Waals surface area contributed by atoms with Crippen LogP contribution in [0.25, 0.3) is 0 Å². The molecule has 0 unspecified atom stereocenters. The Hall–Kier alpha value is -0.510. The zero-order chi connectivity index (χ0) is 11.9. The fourth-order valence-corrected chi connectivity index (χ4v) is 2.79. The van der Waals surface area contributed by atoms with Gasteiger partial charge in [0.25, 0.3) is 0 Å². The highest BCUT2D eigenvalue weighted by molar-refractivity contribution is 7.98. The Balaban J connectivity index is 1.62. The topological polar surface area (TPSA) is 18.5 Å². The molecule has 0 bridgehead atoms. The fraction of sp³-hybridized carbons (Fsp3) is 0.571. The van der Waals surface area contributed by atoms with Crippen molar-refractivity contribution in [3.8, 4) is 0 Å². The number of hydrogen-bond donors (Lipinski definition) is 0. The molecule has 1 heterocycles. The van der Waals surface area contributed by atoms with Crippen molar-refractivity contribution in [2.45, 2.75) is 31.8 Å². The molecule has 0 amide bonds. The van der Waals surface area contributed by atoms with Crippen LogP contribution in [-0.2, 0) is 15.2 Å².